The summed E-state index contributed by atoms with van der Waals surface area (Å²) < 4.78 is 33.5. The monoisotopic (exact) mass is 441 g/mol. The molecule has 4 N–H and O–H groups in total. The molecule has 4 rings (SSSR count). The van der Waals surface area contributed by atoms with Crippen LogP contribution in [0.25, 0.3) is 10.9 Å². The zero-order chi connectivity index (χ0) is 22.8. The van der Waals surface area contributed by atoms with E-state index in [0.717, 1.165) is 12.1 Å². The molecule has 0 unspecified atom stereocenters. The van der Waals surface area contributed by atoms with Gasteiger partial charge in [0.15, 0.2) is 0 Å². The summed E-state index contributed by atoms with van der Waals surface area (Å²) in [5.74, 6) is -1.93. The van der Waals surface area contributed by atoms with Gasteiger partial charge in [-0.25, -0.2) is 8.78 Å². The van der Waals surface area contributed by atoms with Gasteiger partial charge in [0, 0.05) is 36.8 Å². The van der Waals surface area contributed by atoms with E-state index in [0.29, 0.717) is 42.0 Å². The van der Waals surface area contributed by atoms with Crippen LogP contribution in [0.4, 0.5) is 25.8 Å². The van der Waals surface area contributed by atoms with Crippen LogP contribution in [0, 0.1) is 11.6 Å². The van der Waals surface area contributed by atoms with Crippen molar-refractivity contribution in [1.82, 2.24) is 10.3 Å². The first-order valence-corrected chi connectivity index (χ1v) is 10.0. The van der Waals surface area contributed by atoms with Crippen molar-refractivity contribution in [2.75, 3.05) is 36.5 Å². The predicted octanol–water partition coefficient (Wildman–Crippen LogP) is 2.69. The molecule has 1 aliphatic heterocycles. The zero-order valence-electron chi connectivity index (χ0n) is 17.2. The molecular weight excluding hydrogens is 420 g/mol. The van der Waals surface area contributed by atoms with Crippen LogP contribution in [-0.4, -0.2) is 43.0 Å². The fourth-order valence-corrected chi connectivity index (χ4v) is 3.62. The number of primary amides is 1. The van der Waals surface area contributed by atoms with Gasteiger partial charge in [0.25, 0.3) is 5.91 Å². The Balaban J connectivity index is 1.91. The molecule has 0 aliphatic carbocycles. The van der Waals surface area contributed by atoms with E-state index < -0.39 is 17.5 Å². The highest BCUT2D eigenvalue weighted by Gasteiger charge is 2.23. The Morgan fingerprint density at radius 1 is 1.31 bits per heavy atom. The molecule has 8 nitrogen and oxygen atoms in total. The van der Waals surface area contributed by atoms with Crippen molar-refractivity contribution in [2.45, 2.75) is 6.92 Å². The van der Waals surface area contributed by atoms with Gasteiger partial charge in [-0.1, -0.05) is 0 Å². The number of carbonyl (C=O) groups excluding carboxylic acids is 2. The second-order valence-electron chi connectivity index (χ2n) is 7.20. The topological polar surface area (TPSA) is 110 Å². The molecule has 0 saturated carbocycles. The second kappa shape index (κ2) is 8.66. The van der Waals surface area contributed by atoms with Crippen LogP contribution in [0.15, 0.2) is 36.5 Å². The molecule has 0 radical (unpaired) electrons. The minimum atomic E-state index is -0.829. The van der Waals surface area contributed by atoms with Crippen LogP contribution in [0.2, 0.25) is 0 Å². The molecule has 1 fully saturated rings. The molecule has 166 valence electrons. The highest BCUT2D eigenvalue weighted by Crippen LogP contribution is 2.38. The number of nitrogens with zero attached hydrogens (tertiary/aromatic N) is 2. The summed E-state index contributed by atoms with van der Waals surface area (Å²) in [6, 6.07) is 6.48. The Labute approximate surface area is 182 Å². The number of rotatable bonds is 6. The summed E-state index contributed by atoms with van der Waals surface area (Å²) in [6.07, 6.45) is 1.29. The Bertz CT molecular complexity index is 1220. The van der Waals surface area contributed by atoms with Crippen LogP contribution in [0.1, 0.15) is 17.3 Å². The van der Waals surface area contributed by atoms with Gasteiger partial charge >= 0.3 is 0 Å². The van der Waals surface area contributed by atoms with Crippen LogP contribution in [0.5, 0.6) is 5.75 Å². The van der Waals surface area contributed by atoms with Crippen LogP contribution in [0.3, 0.4) is 0 Å². The molecule has 1 aromatic heterocycles. The second-order valence-corrected chi connectivity index (χ2v) is 7.20. The normalized spacial score (nSPS) is 13.7. The molecule has 2 heterocycles. The van der Waals surface area contributed by atoms with E-state index in [9.17, 15) is 18.4 Å². The molecule has 10 heteroatoms. The van der Waals surface area contributed by atoms with Gasteiger partial charge in [-0.05, 0) is 25.1 Å². The fourth-order valence-electron chi connectivity index (χ4n) is 3.62. The fraction of sp³-hybridized carbons (Fsp3) is 0.227. The summed E-state index contributed by atoms with van der Waals surface area (Å²) in [6.45, 7) is 3.38. The van der Waals surface area contributed by atoms with Gasteiger partial charge in [0.1, 0.15) is 17.4 Å². The first kappa shape index (κ1) is 21.3. The van der Waals surface area contributed by atoms with Crippen molar-refractivity contribution >= 4 is 39.8 Å². The van der Waals surface area contributed by atoms with E-state index in [2.05, 4.69) is 15.6 Å². The van der Waals surface area contributed by atoms with E-state index in [4.69, 9.17) is 10.5 Å². The minimum Gasteiger partial charge on any atom is -0.492 e. The van der Waals surface area contributed by atoms with Crippen molar-refractivity contribution < 1.29 is 23.1 Å². The molecule has 1 aliphatic rings. The Kier molecular flexibility index (Phi) is 5.76. The average Bonchev–Trinajstić information content (AvgIpc) is 2.75. The van der Waals surface area contributed by atoms with Gasteiger partial charge in [-0.2, -0.15) is 0 Å². The van der Waals surface area contributed by atoms with Crippen molar-refractivity contribution in [2.24, 2.45) is 5.73 Å². The highest BCUT2D eigenvalue weighted by molar-refractivity contribution is 6.08. The Morgan fingerprint density at radius 3 is 2.81 bits per heavy atom. The number of halogens is 2. The number of aromatic nitrogens is 1. The number of hydrogen-bond donors (Lipinski definition) is 3. The lowest BCUT2D eigenvalue weighted by molar-refractivity contribution is -0.120. The smallest absolute Gasteiger partial charge is 0.252 e. The number of amides is 2. The van der Waals surface area contributed by atoms with E-state index in [1.807, 2.05) is 11.8 Å². The van der Waals surface area contributed by atoms with E-state index in [1.165, 1.54) is 12.3 Å². The number of nitrogens with two attached hydrogens (primary N) is 1. The van der Waals surface area contributed by atoms with Crippen LogP contribution in [-0.2, 0) is 4.79 Å². The lowest BCUT2D eigenvalue weighted by Gasteiger charge is -2.30. The van der Waals surface area contributed by atoms with Crippen LogP contribution < -0.4 is 26.0 Å². The molecule has 0 bridgehead atoms. The molecule has 0 atom stereocenters. The number of ether oxygens (including phenoxy) is 1. The summed E-state index contributed by atoms with van der Waals surface area (Å²) in [4.78, 5) is 30.2. The quantitative estimate of drug-likeness (QED) is 0.543. The highest BCUT2D eigenvalue weighted by atomic mass is 19.1. The van der Waals surface area contributed by atoms with Gasteiger partial charge in [-0.3, -0.25) is 14.6 Å². The molecule has 2 aromatic carbocycles. The average molecular weight is 441 g/mol. The molecule has 2 amide bonds. The van der Waals surface area contributed by atoms with Crippen LogP contribution >= 0.6 is 0 Å². The maximum Gasteiger partial charge on any atom is 0.252 e. The third kappa shape index (κ3) is 4.11. The standard InChI is InChI=1S/C22H21F2N5O3/c1-2-32-19-9-17-13(8-18(19)29-6-5-26-20(30)11-29)21(14(10-27-17)22(25)31)28-16-4-3-12(23)7-15(16)24/h3-4,7-10H,2,5-6,11H2,1H3,(H2,25,31)(H,26,30)(H,27,28). The maximum atomic E-state index is 14.3. The zero-order valence-corrected chi connectivity index (χ0v) is 17.2. The maximum absolute atomic E-state index is 14.3. The van der Waals surface area contributed by atoms with E-state index in [1.54, 1.807) is 12.1 Å². The number of benzene rings is 2. The number of pyridine rings is 1. The third-order valence-corrected chi connectivity index (χ3v) is 5.08. The van der Waals surface area contributed by atoms with Crippen molar-refractivity contribution in [3.8, 4) is 5.75 Å². The van der Waals surface area contributed by atoms with E-state index >= 15 is 0 Å². The number of nitrogens with one attached hydrogen (secondary N) is 2. The van der Waals surface area contributed by atoms with Gasteiger partial charge in [0.05, 0.1) is 41.3 Å². The first-order valence-electron chi connectivity index (χ1n) is 10.0. The summed E-state index contributed by atoms with van der Waals surface area (Å²) in [7, 11) is 0. The van der Waals surface area contributed by atoms with E-state index in [-0.39, 0.29) is 29.4 Å². The Hall–Kier alpha value is -3.95. The molecule has 0 spiro atoms. The van der Waals surface area contributed by atoms with Crippen molar-refractivity contribution in [3.63, 3.8) is 0 Å². The van der Waals surface area contributed by atoms with Gasteiger partial charge < -0.3 is 26.0 Å². The van der Waals surface area contributed by atoms with Gasteiger partial charge in [-0.15, -0.1) is 0 Å². The third-order valence-electron chi connectivity index (χ3n) is 5.08. The number of fused-ring (bicyclic) bond motifs is 1. The minimum absolute atomic E-state index is 0.0332. The first-order chi connectivity index (χ1) is 15.4. The summed E-state index contributed by atoms with van der Waals surface area (Å²) in [5.41, 5.74) is 6.85. The largest absolute Gasteiger partial charge is 0.492 e. The number of hydrogen-bond acceptors (Lipinski definition) is 6. The molecular formula is C22H21F2N5O3. The number of anilines is 3. The SMILES string of the molecule is CCOc1cc2ncc(C(N)=O)c(Nc3ccc(F)cc3F)c2cc1N1CCNC(=O)C1. The molecule has 3 aromatic rings. The van der Waals surface area contributed by atoms with Crippen molar-refractivity contribution in [1.29, 1.82) is 0 Å². The summed E-state index contributed by atoms with van der Waals surface area (Å²) in [5, 5.41) is 6.10. The lowest BCUT2D eigenvalue weighted by atomic mass is 10.1. The van der Waals surface area contributed by atoms with Crippen molar-refractivity contribution in [3.05, 3.63) is 53.7 Å². The Morgan fingerprint density at radius 2 is 2.12 bits per heavy atom. The summed E-state index contributed by atoms with van der Waals surface area (Å²) >= 11 is 0. The number of carbonyl (C=O) groups is 2. The lowest BCUT2D eigenvalue weighted by Crippen LogP contribution is -2.47. The number of piperazine rings is 1. The predicted molar refractivity (Wildman–Crippen MR) is 116 cm³/mol. The molecule has 32 heavy (non-hydrogen) atoms. The van der Waals surface area contributed by atoms with Gasteiger partial charge in [0.2, 0.25) is 5.91 Å². The molecule has 1 saturated heterocycles.